The lowest BCUT2D eigenvalue weighted by molar-refractivity contribution is -0.187. The van der Waals surface area contributed by atoms with Crippen LogP contribution in [0, 0.1) is 5.92 Å². The number of nitrogens with one attached hydrogen (secondary N) is 1. The van der Waals surface area contributed by atoms with Crippen molar-refractivity contribution in [2.24, 2.45) is 5.92 Å². The zero-order chi connectivity index (χ0) is 18.6. The minimum absolute atomic E-state index is 0.0356. The molecule has 1 aliphatic heterocycles. The number of para-hydroxylation sites is 1. The lowest BCUT2D eigenvalue weighted by atomic mass is 9.96. The third-order valence-electron chi connectivity index (χ3n) is 4.57. The van der Waals surface area contributed by atoms with Crippen LogP contribution in [0.15, 0.2) is 18.2 Å². The number of amides is 2. The van der Waals surface area contributed by atoms with Gasteiger partial charge in [-0.2, -0.15) is 13.2 Å². The van der Waals surface area contributed by atoms with E-state index in [1.165, 1.54) is 0 Å². The van der Waals surface area contributed by atoms with Crippen molar-refractivity contribution in [1.82, 2.24) is 4.90 Å². The number of hydrogen-bond acceptors (Lipinski definition) is 2. The van der Waals surface area contributed by atoms with Gasteiger partial charge >= 0.3 is 12.1 Å². The van der Waals surface area contributed by atoms with Gasteiger partial charge in [0.15, 0.2) is 0 Å². The van der Waals surface area contributed by atoms with Crippen molar-refractivity contribution in [2.75, 3.05) is 18.4 Å². The minimum atomic E-state index is -4.90. The highest BCUT2D eigenvalue weighted by Gasteiger charge is 2.44. The SMILES string of the molecule is CCc1cccc(CC)c1NC(=O)C1CCCN(C(=O)C(F)(F)F)C1. The molecule has 1 atom stereocenters. The first-order valence-corrected chi connectivity index (χ1v) is 8.55. The van der Waals surface area contributed by atoms with Gasteiger partial charge < -0.3 is 10.2 Å². The molecule has 0 aliphatic carbocycles. The van der Waals surface area contributed by atoms with Gasteiger partial charge in [-0.15, -0.1) is 0 Å². The van der Waals surface area contributed by atoms with E-state index in [0.717, 1.165) is 34.6 Å². The Hall–Kier alpha value is -2.05. The van der Waals surface area contributed by atoms with E-state index in [9.17, 15) is 22.8 Å². The topological polar surface area (TPSA) is 49.4 Å². The molecule has 7 heteroatoms. The number of likely N-dealkylation sites (tertiary alicyclic amines) is 1. The van der Waals surface area contributed by atoms with Crippen LogP contribution in [0.4, 0.5) is 18.9 Å². The summed E-state index contributed by atoms with van der Waals surface area (Å²) in [5.41, 5.74) is 2.73. The number of rotatable bonds is 4. The highest BCUT2D eigenvalue weighted by molar-refractivity contribution is 5.95. The molecular formula is C18H23F3N2O2. The number of carbonyl (C=O) groups excluding carboxylic acids is 2. The number of aryl methyl sites for hydroxylation is 2. The van der Waals surface area contributed by atoms with Crippen molar-refractivity contribution in [3.63, 3.8) is 0 Å². The van der Waals surface area contributed by atoms with Gasteiger partial charge in [-0.25, -0.2) is 0 Å². The number of alkyl halides is 3. The van der Waals surface area contributed by atoms with Gasteiger partial charge in [0.25, 0.3) is 0 Å². The quantitative estimate of drug-likeness (QED) is 0.897. The summed E-state index contributed by atoms with van der Waals surface area (Å²) >= 11 is 0. The molecular weight excluding hydrogens is 333 g/mol. The first-order chi connectivity index (χ1) is 11.8. The number of benzene rings is 1. The van der Waals surface area contributed by atoms with E-state index in [-0.39, 0.29) is 19.0 Å². The number of piperidine rings is 1. The summed E-state index contributed by atoms with van der Waals surface area (Å²) in [6.45, 7) is 3.80. The normalized spacial score (nSPS) is 18.1. The fraction of sp³-hybridized carbons (Fsp3) is 0.556. The third-order valence-corrected chi connectivity index (χ3v) is 4.57. The molecule has 0 bridgehead atoms. The van der Waals surface area contributed by atoms with Crippen molar-refractivity contribution in [1.29, 1.82) is 0 Å². The Balaban J connectivity index is 2.12. The highest BCUT2D eigenvalue weighted by Crippen LogP contribution is 2.27. The highest BCUT2D eigenvalue weighted by atomic mass is 19.4. The number of anilines is 1. The molecule has 1 N–H and O–H groups in total. The van der Waals surface area contributed by atoms with E-state index in [1.807, 2.05) is 32.0 Å². The molecule has 1 aromatic rings. The number of nitrogens with zero attached hydrogens (tertiary/aromatic N) is 1. The minimum Gasteiger partial charge on any atom is -0.334 e. The van der Waals surface area contributed by atoms with Crippen LogP contribution in [0.2, 0.25) is 0 Å². The van der Waals surface area contributed by atoms with Crippen molar-refractivity contribution < 1.29 is 22.8 Å². The summed E-state index contributed by atoms with van der Waals surface area (Å²) < 4.78 is 37.8. The van der Waals surface area contributed by atoms with E-state index in [4.69, 9.17) is 0 Å². The van der Waals surface area contributed by atoms with Crippen molar-refractivity contribution in [3.05, 3.63) is 29.3 Å². The average Bonchev–Trinajstić information content (AvgIpc) is 2.60. The molecule has 1 saturated heterocycles. The molecule has 138 valence electrons. The molecule has 0 radical (unpaired) electrons. The fourth-order valence-electron chi connectivity index (χ4n) is 3.18. The smallest absolute Gasteiger partial charge is 0.334 e. The summed E-state index contributed by atoms with van der Waals surface area (Å²) in [7, 11) is 0. The number of halogens is 3. The molecule has 4 nitrogen and oxygen atoms in total. The maximum absolute atomic E-state index is 12.6. The van der Waals surface area contributed by atoms with Gasteiger partial charge in [-0.05, 0) is 36.8 Å². The van der Waals surface area contributed by atoms with Crippen LogP contribution >= 0.6 is 0 Å². The van der Waals surface area contributed by atoms with Gasteiger partial charge in [0.1, 0.15) is 0 Å². The summed E-state index contributed by atoms with van der Waals surface area (Å²) in [6, 6.07) is 5.78. The van der Waals surface area contributed by atoms with E-state index in [2.05, 4.69) is 5.32 Å². The van der Waals surface area contributed by atoms with E-state index in [1.54, 1.807) is 0 Å². The van der Waals surface area contributed by atoms with E-state index < -0.39 is 18.0 Å². The van der Waals surface area contributed by atoms with Crippen molar-refractivity contribution >= 4 is 17.5 Å². The maximum Gasteiger partial charge on any atom is 0.471 e. The largest absolute Gasteiger partial charge is 0.471 e. The molecule has 2 rings (SSSR count). The zero-order valence-electron chi connectivity index (χ0n) is 14.4. The molecule has 25 heavy (non-hydrogen) atoms. The summed E-state index contributed by atoms with van der Waals surface area (Å²) in [5, 5.41) is 2.89. The Labute approximate surface area is 145 Å². The maximum atomic E-state index is 12.6. The Bertz CT molecular complexity index is 621. The number of hydrogen-bond donors (Lipinski definition) is 1. The van der Waals surface area contributed by atoms with Crippen molar-refractivity contribution in [2.45, 2.75) is 45.7 Å². The molecule has 0 aromatic heterocycles. The Morgan fingerprint density at radius 2 is 1.80 bits per heavy atom. The lowest BCUT2D eigenvalue weighted by Gasteiger charge is -2.32. The summed E-state index contributed by atoms with van der Waals surface area (Å²) in [5.74, 6) is -2.82. The van der Waals surface area contributed by atoms with Crippen LogP contribution < -0.4 is 5.32 Å². The molecule has 0 saturated carbocycles. The second-order valence-electron chi connectivity index (χ2n) is 6.24. The lowest BCUT2D eigenvalue weighted by Crippen LogP contribution is -2.48. The second-order valence-corrected chi connectivity index (χ2v) is 6.24. The zero-order valence-corrected chi connectivity index (χ0v) is 14.4. The Morgan fingerprint density at radius 1 is 1.20 bits per heavy atom. The van der Waals surface area contributed by atoms with E-state index >= 15 is 0 Å². The Kier molecular flexibility index (Phi) is 6.08. The predicted molar refractivity (Wildman–Crippen MR) is 89.2 cm³/mol. The predicted octanol–water partition coefficient (Wildman–Crippen LogP) is 3.55. The molecule has 1 aliphatic rings. The van der Waals surface area contributed by atoms with Crippen LogP contribution in [0.1, 0.15) is 37.8 Å². The van der Waals surface area contributed by atoms with Crippen LogP contribution in [0.5, 0.6) is 0 Å². The molecule has 1 aromatic carbocycles. The second kappa shape index (κ2) is 7.89. The molecule has 1 fully saturated rings. The molecule has 0 spiro atoms. The standard InChI is InChI=1S/C18H23F3N2O2/c1-3-12-7-5-8-13(4-2)15(12)22-16(24)14-9-6-10-23(11-14)17(25)18(19,20)21/h5,7-8,14H,3-4,6,9-11H2,1-2H3,(H,22,24). The summed E-state index contributed by atoms with van der Waals surface area (Å²) in [4.78, 5) is 24.7. The van der Waals surface area contributed by atoms with Crippen LogP contribution in [0.3, 0.4) is 0 Å². The van der Waals surface area contributed by atoms with Crippen molar-refractivity contribution in [3.8, 4) is 0 Å². The van der Waals surface area contributed by atoms with Crippen LogP contribution in [0.25, 0.3) is 0 Å². The fourth-order valence-corrected chi connectivity index (χ4v) is 3.18. The van der Waals surface area contributed by atoms with Gasteiger partial charge in [0, 0.05) is 18.8 Å². The third kappa shape index (κ3) is 4.52. The van der Waals surface area contributed by atoms with Crippen LogP contribution in [-0.2, 0) is 22.4 Å². The monoisotopic (exact) mass is 356 g/mol. The molecule has 1 unspecified atom stereocenters. The summed E-state index contributed by atoms with van der Waals surface area (Å²) in [6.07, 6.45) is -2.55. The molecule has 2 amide bonds. The van der Waals surface area contributed by atoms with E-state index in [0.29, 0.717) is 12.8 Å². The van der Waals surface area contributed by atoms with Gasteiger partial charge in [-0.3, -0.25) is 9.59 Å². The van der Waals surface area contributed by atoms with Gasteiger partial charge in [0.2, 0.25) is 5.91 Å². The number of carbonyl (C=O) groups is 2. The average molecular weight is 356 g/mol. The van der Waals surface area contributed by atoms with Crippen LogP contribution in [-0.4, -0.2) is 36.0 Å². The van der Waals surface area contributed by atoms with Gasteiger partial charge in [0.05, 0.1) is 5.92 Å². The first kappa shape index (κ1) is 19.3. The van der Waals surface area contributed by atoms with Gasteiger partial charge in [-0.1, -0.05) is 32.0 Å². The molecule has 1 heterocycles. The first-order valence-electron chi connectivity index (χ1n) is 8.55. The Morgan fingerprint density at radius 3 is 2.32 bits per heavy atom.